The summed E-state index contributed by atoms with van der Waals surface area (Å²) in [4.78, 5) is 47.9. The lowest BCUT2D eigenvalue weighted by Gasteiger charge is -2.28. The largest absolute Gasteiger partial charge is 0.387 e. The second kappa shape index (κ2) is 9.05. The number of anilines is 2. The van der Waals surface area contributed by atoms with Crippen LogP contribution in [-0.2, 0) is 6.54 Å². The number of hydrogen-bond donors (Lipinski definition) is 2. The number of hydrogen-bond acceptors (Lipinski definition) is 7. The van der Waals surface area contributed by atoms with Gasteiger partial charge in [0, 0.05) is 38.4 Å². The molecule has 12 heteroatoms. The zero-order chi connectivity index (χ0) is 27.5. The summed E-state index contributed by atoms with van der Waals surface area (Å²) in [6, 6.07) is 4.91. The Morgan fingerprint density at radius 2 is 1.97 bits per heavy atom. The van der Waals surface area contributed by atoms with E-state index in [1.165, 1.54) is 41.7 Å². The number of nitrogens with two attached hydrogens (primary N) is 1. The van der Waals surface area contributed by atoms with Crippen LogP contribution in [0.3, 0.4) is 0 Å². The van der Waals surface area contributed by atoms with Crippen LogP contribution in [0.4, 0.5) is 15.8 Å². The molecule has 1 aliphatic heterocycles. The summed E-state index contributed by atoms with van der Waals surface area (Å²) >= 11 is 0. The van der Waals surface area contributed by atoms with Crippen LogP contribution in [0.2, 0.25) is 0 Å². The molecule has 0 bridgehead atoms. The summed E-state index contributed by atoms with van der Waals surface area (Å²) in [5.74, 6) is -1.38. The number of benzene rings is 1. The van der Waals surface area contributed by atoms with E-state index >= 15 is 0 Å². The number of aromatic nitrogens is 3. The number of aliphatic hydroxyl groups is 1. The zero-order valence-electron chi connectivity index (χ0n) is 21.7. The van der Waals surface area contributed by atoms with Gasteiger partial charge in [-0.05, 0) is 50.5 Å². The molecule has 0 radical (unpaired) electrons. The van der Waals surface area contributed by atoms with E-state index in [4.69, 9.17) is 5.73 Å². The van der Waals surface area contributed by atoms with Gasteiger partial charge in [-0.3, -0.25) is 14.4 Å². The number of alkyl halides is 1. The summed E-state index contributed by atoms with van der Waals surface area (Å²) < 4.78 is 16.0. The normalized spacial score (nSPS) is 16.1. The lowest BCUT2D eigenvalue weighted by atomic mass is 10.0. The second-order valence-electron chi connectivity index (χ2n) is 10.6. The van der Waals surface area contributed by atoms with Gasteiger partial charge in [0.15, 0.2) is 5.65 Å². The molecular weight excluding hydrogens is 493 g/mol. The van der Waals surface area contributed by atoms with E-state index in [0.29, 0.717) is 22.5 Å². The maximum absolute atomic E-state index is 14.6. The Bertz CT molecular complexity index is 1460. The fraction of sp³-hybridized carbons (Fsp3) is 0.423. The molecule has 200 valence electrons. The predicted octanol–water partition coefficient (Wildman–Crippen LogP) is 1.77. The van der Waals surface area contributed by atoms with Crippen molar-refractivity contribution in [2.75, 3.05) is 30.4 Å². The Morgan fingerprint density at radius 1 is 1.26 bits per heavy atom. The highest BCUT2D eigenvalue weighted by Crippen LogP contribution is 2.42. The highest BCUT2D eigenvalue weighted by Gasteiger charge is 2.40. The van der Waals surface area contributed by atoms with Crippen molar-refractivity contribution in [3.63, 3.8) is 0 Å². The van der Waals surface area contributed by atoms with Gasteiger partial charge in [-0.15, -0.1) is 0 Å². The molecule has 1 aromatic carbocycles. The minimum Gasteiger partial charge on any atom is -0.387 e. The van der Waals surface area contributed by atoms with Crippen LogP contribution in [0.1, 0.15) is 63.5 Å². The number of rotatable bonds is 8. The average Bonchev–Trinajstić information content (AvgIpc) is 3.51. The zero-order valence-corrected chi connectivity index (χ0v) is 21.7. The third-order valence-electron chi connectivity index (χ3n) is 6.95. The molecule has 2 aromatic heterocycles. The van der Waals surface area contributed by atoms with Crippen LogP contribution in [-0.4, -0.2) is 80.8 Å². The van der Waals surface area contributed by atoms with Gasteiger partial charge in [-0.1, -0.05) is 0 Å². The van der Waals surface area contributed by atoms with E-state index in [2.05, 4.69) is 10.1 Å². The monoisotopic (exact) mass is 523 g/mol. The average molecular weight is 524 g/mol. The van der Waals surface area contributed by atoms with Gasteiger partial charge in [0.25, 0.3) is 17.7 Å². The summed E-state index contributed by atoms with van der Waals surface area (Å²) in [5.41, 5.74) is 6.63. The van der Waals surface area contributed by atoms with E-state index in [1.807, 2.05) is 25.1 Å². The highest BCUT2D eigenvalue weighted by atomic mass is 19.1. The highest BCUT2D eigenvalue weighted by molar-refractivity contribution is 6.12. The SMILES string of the molecule is CN(C)c1cc2c(cc1N(C(=O)c1cnn3ccc(C(N)=O)nc13)C1CC1)CN(C[C@@H](F)C(C)(C)O)C2=O. The predicted molar refractivity (Wildman–Crippen MR) is 138 cm³/mol. The molecule has 0 unspecified atom stereocenters. The van der Waals surface area contributed by atoms with Gasteiger partial charge in [-0.25, -0.2) is 13.9 Å². The minimum atomic E-state index is -1.62. The fourth-order valence-corrected chi connectivity index (χ4v) is 4.60. The van der Waals surface area contributed by atoms with Crippen molar-refractivity contribution < 1.29 is 23.9 Å². The lowest BCUT2D eigenvalue weighted by molar-refractivity contribution is -0.0159. The molecule has 3 N–H and O–H groups in total. The lowest BCUT2D eigenvalue weighted by Crippen LogP contribution is -2.42. The van der Waals surface area contributed by atoms with Crippen molar-refractivity contribution in [2.24, 2.45) is 5.73 Å². The Labute approximate surface area is 218 Å². The summed E-state index contributed by atoms with van der Waals surface area (Å²) in [6.45, 7) is 2.66. The maximum atomic E-state index is 14.6. The number of halogens is 1. The quantitative estimate of drug-likeness (QED) is 0.459. The van der Waals surface area contributed by atoms with Gasteiger partial charge in [0.2, 0.25) is 0 Å². The van der Waals surface area contributed by atoms with Gasteiger partial charge in [0.05, 0.1) is 29.7 Å². The van der Waals surface area contributed by atoms with Crippen molar-refractivity contribution in [2.45, 2.75) is 51.0 Å². The van der Waals surface area contributed by atoms with E-state index < -0.39 is 17.7 Å². The van der Waals surface area contributed by atoms with Gasteiger partial charge < -0.3 is 25.5 Å². The molecule has 5 rings (SSSR count). The van der Waals surface area contributed by atoms with Crippen molar-refractivity contribution in [3.05, 3.63) is 53.0 Å². The number of carbonyl (C=O) groups is 3. The summed E-state index contributed by atoms with van der Waals surface area (Å²) in [7, 11) is 3.64. The van der Waals surface area contributed by atoms with E-state index in [9.17, 15) is 23.9 Å². The van der Waals surface area contributed by atoms with Crippen LogP contribution < -0.4 is 15.5 Å². The third kappa shape index (κ3) is 4.44. The molecule has 0 spiro atoms. The van der Waals surface area contributed by atoms with Crippen LogP contribution in [0.15, 0.2) is 30.6 Å². The molecule has 38 heavy (non-hydrogen) atoms. The van der Waals surface area contributed by atoms with E-state index in [1.54, 1.807) is 11.0 Å². The van der Waals surface area contributed by atoms with E-state index in [-0.39, 0.29) is 47.9 Å². The molecule has 3 amide bonds. The first kappa shape index (κ1) is 25.6. The van der Waals surface area contributed by atoms with Gasteiger partial charge in [-0.2, -0.15) is 5.10 Å². The van der Waals surface area contributed by atoms with E-state index in [0.717, 1.165) is 12.8 Å². The Hall–Kier alpha value is -4.06. The summed E-state index contributed by atoms with van der Waals surface area (Å²) in [6.07, 6.45) is 2.92. The Kier molecular flexibility index (Phi) is 6.09. The van der Waals surface area contributed by atoms with Crippen molar-refractivity contribution in [1.82, 2.24) is 19.5 Å². The molecule has 1 saturated carbocycles. The molecular formula is C26H30FN7O4. The summed E-state index contributed by atoms with van der Waals surface area (Å²) in [5, 5.41) is 14.2. The van der Waals surface area contributed by atoms with Crippen LogP contribution in [0.5, 0.6) is 0 Å². The fourth-order valence-electron chi connectivity index (χ4n) is 4.60. The Morgan fingerprint density at radius 3 is 2.58 bits per heavy atom. The van der Waals surface area contributed by atoms with Crippen molar-refractivity contribution >= 4 is 34.7 Å². The number of fused-ring (bicyclic) bond motifs is 2. The van der Waals surface area contributed by atoms with Gasteiger partial charge in [0.1, 0.15) is 17.4 Å². The number of nitrogens with zero attached hydrogens (tertiary/aromatic N) is 6. The smallest absolute Gasteiger partial charge is 0.267 e. The Balaban J connectivity index is 1.55. The standard InChI is InChI=1S/C26H30FN7O4/c1-26(2,38)21(27)13-32-12-14-9-20(19(31(3)4)10-16(14)24(32)36)34(15-5-6-15)25(37)17-11-29-33-8-7-18(22(28)35)30-23(17)33/h7-11,15,21,38H,5-6,12-13H2,1-4H3,(H2,28,35)/t21-/m1/s1. The molecule has 1 fully saturated rings. The number of carbonyl (C=O) groups excluding carboxylic acids is 3. The topological polar surface area (TPSA) is 137 Å². The second-order valence-corrected chi connectivity index (χ2v) is 10.6. The minimum absolute atomic E-state index is 0.0207. The molecule has 3 aromatic rings. The first-order chi connectivity index (χ1) is 17.9. The molecule has 1 atom stereocenters. The third-order valence-corrected chi connectivity index (χ3v) is 6.95. The first-order valence-electron chi connectivity index (χ1n) is 12.3. The van der Waals surface area contributed by atoms with Crippen molar-refractivity contribution in [3.8, 4) is 0 Å². The van der Waals surface area contributed by atoms with Crippen molar-refractivity contribution in [1.29, 1.82) is 0 Å². The number of primary amides is 1. The van der Waals surface area contributed by atoms with Gasteiger partial charge >= 0.3 is 0 Å². The number of amides is 3. The molecule has 0 saturated heterocycles. The molecule has 11 nitrogen and oxygen atoms in total. The molecule has 3 heterocycles. The molecule has 1 aliphatic carbocycles. The maximum Gasteiger partial charge on any atom is 0.267 e. The molecule has 2 aliphatic rings. The van der Waals surface area contributed by atoms with Crippen LogP contribution in [0, 0.1) is 0 Å². The van der Waals surface area contributed by atoms with Crippen LogP contribution in [0.25, 0.3) is 5.65 Å². The first-order valence-corrected chi connectivity index (χ1v) is 12.3. The van der Waals surface area contributed by atoms with Crippen LogP contribution >= 0.6 is 0 Å².